The summed E-state index contributed by atoms with van der Waals surface area (Å²) in [6.07, 6.45) is 0. The number of aromatic amines is 1. The summed E-state index contributed by atoms with van der Waals surface area (Å²) in [5.74, 6) is 0.356. The van der Waals surface area contributed by atoms with Crippen molar-refractivity contribution in [2.24, 2.45) is 0 Å². The third kappa shape index (κ3) is 1.54. The highest BCUT2D eigenvalue weighted by Crippen LogP contribution is 2.25. The van der Waals surface area contributed by atoms with E-state index in [4.69, 9.17) is 0 Å². The number of benzene rings is 1. The fourth-order valence-electron chi connectivity index (χ4n) is 1.46. The van der Waals surface area contributed by atoms with E-state index < -0.39 is 0 Å². The SMILES string of the molecule is Fc1cc2[nH]c(-c3cscn3)nc2cc1Br. The lowest BCUT2D eigenvalue weighted by molar-refractivity contribution is 0.623. The molecule has 1 aromatic carbocycles. The number of rotatable bonds is 1. The van der Waals surface area contributed by atoms with Crippen LogP contribution in [-0.4, -0.2) is 15.0 Å². The molecule has 0 saturated heterocycles. The van der Waals surface area contributed by atoms with Crippen LogP contribution in [0, 0.1) is 5.82 Å². The first kappa shape index (κ1) is 9.92. The van der Waals surface area contributed by atoms with Crippen LogP contribution in [0.5, 0.6) is 0 Å². The van der Waals surface area contributed by atoms with E-state index >= 15 is 0 Å². The lowest BCUT2D eigenvalue weighted by Gasteiger charge is -1.92. The number of nitrogens with zero attached hydrogens (tertiary/aromatic N) is 2. The second-order valence-corrected chi connectivity index (χ2v) is 4.82. The van der Waals surface area contributed by atoms with Crippen LogP contribution >= 0.6 is 27.3 Å². The molecule has 0 aliphatic rings. The smallest absolute Gasteiger partial charge is 0.158 e. The van der Waals surface area contributed by atoms with Gasteiger partial charge < -0.3 is 4.98 Å². The van der Waals surface area contributed by atoms with Crippen molar-refractivity contribution in [2.45, 2.75) is 0 Å². The normalized spacial score (nSPS) is 11.1. The molecular weight excluding hydrogens is 293 g/mol. The highest BCUT2D eigenvalue weighted by molar-refractivity contribution is 9.10. The van der Waals surface area contributed by atoms with Gasteiger partial charge in [0.1, 0.15) is 11.5 Å². The van der Waals surface area contributed by atoms with Gasteiger partial charge in [-0.2, -0.15) is 0 Å². The first-order chi connectivity index (χ1) is 7.74. The molecule has 6 heteroatoms. The van der Waals surface area contributed by atoms with Crippen molar-refractivity contribution in [3.05, 3.63) is 33.3 Å². The highest BCUT2D eigenvalue weighted by Gasteiger charge is 2.09. The molecule has 0 aliphatic carbocycles. The number of imidazole rings is 1. The van der Waals surface area contributed by atoms with Gasteiger partial charge in [-0.25, -0.2) is 14.4 Å². The maximum atomic E-state index is 13.3. The van der Waals surface area contributed by atoms with Crippen LogP contribution in [0.15, 0.2) is 27.5 Å². The zero-order valence-electron chi connectivity index (χ0n) is 7.87. The van der Waals surface area contributed by atoms with Crippen molar-refractivity contribution in [3.63, 3.8) is 0 Å². The van der Waals surface area contributed by atoms with Gasteiger partial charge in [0.25, 0.3) is 0 Å². The molecule has 0 saturated carbocycles. The van der Waals surface area contributed by atoms with Crippen molar-refractivity contribution in [2.75, 3.05) is 0 Å². The van der Waals surface area contributed by atoms with E-state index in [1.54, 1.807) is 11.6 Å². The summed E-state index contributed by atoms with van der Waals surface area (Å²) in [4.78, 5) is 11.5. The number of fused-ring (bicyclic) bond motifs is 1. The maximum Gasteiger partial charge on any atom is 0.158 e. The van der Waals surface area contributed by atoms with Gasteiger partial charge in [-0.1, -0.05) is 0 Å². The molecule has 0 atom stereocenters. The van der Waals surface area contributed by atoms with Crippen molar-refractivity contribution in [1.82, 2.24) is 15.0 Å². The minimum absolute atomic E-state index is 0.305. The molecule has 3 aromatic rings. The van der Waals surface area contributed by atoms with Crippen LogP contribution in [-0.2, 0) is 0 Å². The van der Waals surface area contributed by atoms with Gasteiger partial charge >= 0.3 is 0 Å². The Morgan fingerprint density at radius 2 is 2.25 bits per heavy atom. The molecular formula is C10H5BrFN3S. The van der Waals surface area contributed by atoms with Crippen molar-refractivity contribution in [1.29, 1.82) is 0 Å². The Bertz CT molecular complexity index is 608. The van der Waals surface area contributed by atoms with Crippen LogP contribution in [0.1, 0.15) is 0 Å². The summed E-state index contributed by atoms with van der Waals surface area (Å²) in [6, 6.07) is 3.07. The van der Waals surface area contributed by atoms with Gasteiger partial charge in [-0.15, -0.1) is 11.3 Å². The summed E-state index contributed by atoms with van der Waals surface area (Å²) in [5.41, 5.74) is 3.90. The minimum atomic E-state index is -0.305. The van der Waals surface area contributed by atoms with Crippen molar-refractivity contribution >= 4 is 38.3 Å². The van der Waals surface area contributed by atoms with E-state index in [0.29, 0.717) is 15.8 Å². The first-order valence-electron chi connectivity index (χ1n) is 4.47. The quantitative estimate of drug-likeness (QED) is 0.746. The predicted molar refractivity (Wildman–Crippen MR) is 64.9 cm³/mol. The average Bonchev–Trinajstić information content (AvgIpc) is 2.86. The molecule has 0 unspecified atom stereocenters. The first-order valence-corrected chi connectivity index (χ1v) is 6.21. The van der Waals surface area contributed by atoms with E-state index in [0.717, 1.165) is 11.2 Å². The molecule has 80 valence electrons. The summed E-state index contributed by atoms with van der Waals surface area (Å²) in [5, 5.41) is 1.89. The molecule has 1 N–H and O–H groups in total. The molecule has 0 amide bonds. The number of nitrogens with one attached hydrogen (secondary N) is 1. The standard InChI is InChI=1S/C10H5BrFN3S/c11-5-1-7-8(2-6(5)12)15-10(14-7)9-3-16-4-13-9/h1-4H,(H,14,15). The van der Waals surface area contributed by atoms with Crippen LogP contribution in [0.4, 0.5) is 4.39 Å². The van der Waals surface area contributed by atoms with Crippen molar-refractivity contribution < 1.29 is 4.39 Å². The molecule has 0 radical (unpaired) electrons. The number of hydrogen-bond donors (Lipinski definition) is 1. The van der Waals surface area contributed by atoms with Crippen LogP contribution in [0.25, 0.3) is 22.6 Å². The molecule has 3 rings (SSSR count). The monoisotopic (exact) mass is 297 g/mol. The molecule has 0 bridgehead atoms. The van der Waals surface area contributed by atoms with Gasteiger partial charge in [0.2, 0.25) is 0 Å². The zero-order chi connectivity index (χ0) is 11.1. The van der Waals surface area contributed by atoms with E-state index in [9.17, 15) is 4.39 Å². The summed E-state index contributed by atoms with van der Waals surface area (Å²) in [7, 11) is 0. The fraction of sp³-hybridized carbons (Fsp3) is 0. The third-order valence-electron chi connectivity index (χ3n) is 2.20. The molecule has 2 aromatic heterocycles. The van der Waals surface area contributed by atoms with Gasteiger partial charge in [-0.3, -0.25) is 0 Å². The van der Waals surface area contributed by atoms with Crippen LogP contribution in [0.3, 0.4) is 0 Å². The number of hydrogen-bond acceptors (Lipinski definition) is 3. The van der Waals surface area contributed by atoms with Gasteiger partial charge in [0.15, 0.2) is 5.82 Å². The number of H-pyrrole nitrogens is 1. The largest absolute Gasteiger partial charge is 0.337 e. The Hall–Kier alpha value is -1.27. The summed E-state index contributed by atoms with van der Waals surface area (Å²) in [6.45, 7) is 0. The Morgan fingerprint density at radius 1 is 1.38 bits per heavy atom. The Balaban J connectivity index is 2.23. The fourth-order valence-corrected chi connectivity index (χ4v) is 2.32. The van der Waals surface area contributed by atoms with Gasteiger partial charge in [0, 0.05) is 11.4 Å². The maximum absolute atomic E-state index is 13.3. The van der Waals surface area contributed by atoms with Crippen LogP contribution < -0.4 is 0 Å². The van der Waals surface area contributed by atoms with Gasteiger partial charge in [-0.05, 0) is 22.0 Å². The lowest BCUT2D eigenvalue weighted by Crippen LogP contribution is -1.77. The number of thiazole rings is 1. The zero-order valence-corrected chi connectivity index (χ0v) is 10.3. The third-order valence-corrected chi connectivity index (χ3v) is 3.39. The Kier molecular flexibility index (Phi) is 2.26. The molecule has 3 nitrogen and oxygen atoms in total. The minimum Gasteiger partial charge on any atom is -0.337 e. The Labute approximate surface area is 102 Å². The van der Waals surface area contributed by atoms with E-state index in [2.05, 4.69) is 30.9 Å². The topological polar surface area (TPSA) is 41.6 Å². The number of halogens is 2. The molecule has 16 heavy (non-hydrogen) atoms. The van der Waals surface area contributed by atoms with Crippen molar-refractivity contribution in [3.8, 4) is 11.5 Å². The highest BCUT2D eigenvalue weighted by atomic mass is 79.9. The molecule has 0 fully saturated rings. The van der Waals surface area contributed by atoms with E-state index in [1.165, 1.54) is 17.4 Å². The average molecular weight is 298 g/mol. The second-order valence-electron chi connectivity index (χ2n) is 3.24. The van der Waals surface area contributed by atoms with Gasteiger partial charge in [0.05, 0.1) is 21.0 Å². The van der Waals surface area contributed by atoms with Crippen LogP contribution in [0.2, 0.25) is 0 Å². The van der Waals surface area contributed by atoms with E-state index in [-0.39, 0.29) is 5.82 Å². The second kappa shape index (κ2) is 3.64. The predicted octanol–water partition coefficient (Wildman–Crippen LogP) is 3.59. The summed E-state index contributed by atoms with van der Waals surface area (Å²) >= 11 is 4.63. The Morgan fingerprint density at radius 3 is 3.00 bits per heavy atom. The molecule has 2 heterocycles. The summed E-state index contributed by atoms with van der Waals surface area (Å²) < 4.78 is 13.7. The molecule has 0 spiro atoms. The van der Waals surface area contributed by atoms with E-state index in [1.807, 2.05) is 5.38 Å². The lowest BCUT2D eigenvalue weighted by atomic mass is 10.3. The number of aromatic nitrogens is 3. The molecule has 0 aliphatic heterocycles.